The van der Waals surface area contributed by atoms with Crippen LogP contribution in [0.4, 0.5) is 5.69 Å². The smallest absolute Gasteiger partial charge is 0.0542 e. The molecule has 1 heterocycles. The summed E-state index contributed by atoms with van der Waals surface area (Å²) in [7, 11) is 1.96. The molecule has 1 aromatic heterocycles. The first-order valence-electron chi connectivity index (χ1n) is 5.45. The largest absolute Gasteiger partial charge is 0.381 e. The normalized spacial score (nSPS) is 10.4. The van der Waals surface area contributed by atoms with Crippen LogP contribution in [0.2, 0.25) is 0 Å². The van der Waals surface area contributed by atoms with Crippen LogP contribution in [0, 0.1) is 13.8 Å². The monoisotopic (exact) mass is 215 g/mol. The fourth-order valence-corrected chi connectivity index (χ4v) is 1.67. The maximum atomic E-state index is 4.22. The first-order valence-corrected chi connectivity index (χ1v) is 5.45. The van der Waals surface area contributed by atoms with Gasteiger partial charge in [0.2, 0.25) is 0 Å². The Hall–Kier alpha value is -1.77. The average molecular weight is 215 g/mol. The lowest BCUT2D eigenvalue weighted by atomic mass is 10.2. The van der Waals surface area contributed by atoms with Crippen LogP contribution in [0.15, 0.2) is 30.5 Å². The molecule has 0 amide bonds. The molecular formula is C13H17N3. The molecule has 0 radical (unpaired) electrons. The Morgan fingerprint density at radius 2 is 2.12 bits per heavy atom. The van der Waals surface area contributed by atoms with Crippen LogP contribution in [0.5, 0.6) is 0 Å². The van der Waals surface area contributed by atoms with Crippen LogP contribution in [0.3, 0.4) is 0 Å². The van der Waals surface area contributed by atoms with Gasteiger partial charge in [-0.3, -0.25) is 4.68 Å². The van der Waals surface area contributed by atoms with Gasteiger partial charge in [0.05, 0.1) is 6.20 Å². The molecule has 16 heavy (non-hydrogen) atoms. The van der Waals surface area contributed by atoms with E-state index in [2.05, 4.69) is 48.5 Å². The Bertz CT molecular complexity index is 486. The van der Waals surface area contributed by atoms with Crippen molar-refractivity contribution in [2.45, 2.75) is 20.4 Å². The summed E-state index contributed by atoms with van der Waals surface area (Å²) in [6, 6.07) is 8.39. The molecule has 3 heteroatoms. The summed E-state index contributed by atoms with van der Waals surface area (Å²) < 4.78 is 1.90. The summed E-state index contributed by atoms with van der Waals surface area (Å²) in [5, 5.41) is 7.63. The second kappa shape index (κ2) is 4.39. The molecule has 0 atom stereocenters. The third kappa shape index (κ3) is 2.24. The predicted octanol–water partition coefficient (Wildman–Crippen LogP) is 2.65. The second-order valence-electron chi connectivity index (χ2n) is 4.10. The van der Waals surface area contributed by atoms with Crippen LogP contribution >= 0.6 is 0 Å². The second-order valence-corrected chi connectivity index (χ2v) is 4.10. The highest BCUT2D eigenvalue weighted by atomic mass is 15.3. The molecule has 0 aliphatic heterocycles. The van der Waals surface area contributed by atoms with E-state index in [0.29, 0.717) is 0 Å². The number of anilines is 1. The maximum Gasteiger partial charge on any atom is 0.0542 e. The van der Waals surface area contributed by atoms with E-state index in [9.17, 15) is 0 Å². The number of hydrogen-bond acceptors (Lipinski definition) is 2. The van der Waals surface area contributed by atoms with Crippen LogP contribution < -0.4 is 5.32 Å². The van der Waals surface area contributed by atoms with Crippen LogP contribution in [-0.4, -0.2) is 9.78 Å². The Kier molecular flexibility index (Phi) is 2.95. The van der Waals surface area contributed by atoms with Gasteiger partial charge in [-0.05, 0) is 31.5 Å². The van der Waals surface area contributed by atoms with Crippen molar-refractivity contribution < 1.29 is 0 Å². The third-order valence-corrected chi connectivity index (χ3v) is 2.84. The van der Waals surface area contributed by atoms with Gasteiger partial charge in [-0.15, -0.1) is 0 Å². The Morgan fingerprint density at radius 1 is 1.31 bits per heavy atom. The predicted molar refractivity (Wildman–Crippen MR) is 66.5 cm³/mol. The zero-order valence-corrected chi connectivity index (χ0v) is 9.99. The summed E-state index contributed by atoms with van der Waals surface area (Å²) in [6.45, 7) is 5.00. The molecule has 3 nitrogen and oxygen atoms in total. The molecule has 1 N–H and O–H groups in total. The summed E-state index contributed by atoms with van der Waals surface area (Å²) in [5.41, 5.74) is 4.88. The summed E-state index contributed by atoms with van der Waals surface area (Å²) in [5.74, 6) is 0. The summed E-state index contributed by atoms with van der Waals surface area (Å²) in [6.07, 6.45) is 1.91. The highest BCUT2D eigenvalue weighted by Crippen LogP contribution is 2.12. The van der Waals surface area contributed by atoms with Crippen molar-refractivity contribution in [3.05, 3.63) is 47.3 Å². The molecule has 0 saturated heterocycles. The van der Waals surface area contributed by atoms with E-state index in [0.717, 1.165) is 12.2 Å². The fourth-order valence-electron chi connectivity index (χ4n) is 1.67. The first kappa shape index (κ1) is 10.7. The van der Waals surface area contributed by atoms with Gasteiger partial charge >= 0.3 is 0 Å². The van der Waals surface area contributed by atoms with Crippen LogP contribution in [0.25, 0.3) is 0 Å². The average Bonchev–Trinajstić information content (AvgIpc) is 2.57. The van der Waals surface area contributed by atoms with Gasteiger partial charge < -0.3 is 5.32 Å². The van der Waals surface area contributed by atoms with Gasteiger partial charge in [-0.1, -0.05) is 12.1 Å². The van der Waals surface area contributed by atoms with E-state index in [1.165, 1.54) is 16.8 Å². The van der Waals surface area contributed by atoms with Crippen LogP contribution in [0.1, 0.15) is 16.8 Å². The van der Waals surface area contributed by atoms with Crippen LogP contribution in [-0.2, 0) is 13.6 Å². The fraction of sp³-hybridized carbons (Fsp3) is 0.308. The Labute approximate surface area is 96.1 Å². The van der Waals surface area contributed by atoms with E-state index in [1.807, 2.05) is 17.9 Å². The molecule has 0 aliphatic rings. The van der Waals surface area contributed by atoms with Gasteiger partial charge in [0.1, 0.15) is 0 Å². The molecule has 2 rings (SSSR count). The van der Waals surface area contributed by atoms with Crippen molar-refractivity contribution in [3.63, 3.8) is 0 Å². The molecule has 0 fully saturated rings. The van der Waals surface area contributed by atoms with Crippen molar-refractivity contribution >= 4 is 5.69 Å². The van der Waals surface area contributed by atoms with E-state index in [4.69, 9.17) is 0 Å². The highest BCUT2D eigenvalue weighted by Gasteiger charge is 2.02. The SMILES string of the molecule is Cc1cccc(NCc2cnn(C)c2C)c1. The zero-order chi connectivity index (χ0) is 11.5. The number of rotatable bonds is 3. The number of aromatic nitrogens is 2. The van der Waals surface area contributed by atoms with Gasteiger partial charge in [0.15, 0.2) is 0 Å². The van der Waals surface area contributed by atoms with E-state index in [-0.39, 0.29) is 0 Å². The van der Waals surface area contributed by atoms with E-state index < -0.39 is 0 Å². The van der Waals surface area contributed by atoms with Crippen molar-refractivity contribution in [1.29, 1.82) is 0 Å². The number of hydrogen-bond donors (Lipinski definition) is 1. The summed E-state index contributed by atoms with van der Waals surface area (Å²) in [4.78, 5) is 0. The molecule has 0 aliphatic carbocycles. The van der Waals surface area contributed by atoms with Gasteiger partial charge in [-0.25, -0.2) is 0 Å². The lowest BCUT2D eigenvalue weighted by Gasteiger charge is -2.06. The highest BCUT2D eigenvalue weighted by molar-refractivity contribution is 5.46. The van der Waals surface area contributed by atoms with Crippen molar-refractivity contribution in [1.82, 2.24) is 9.78 Å². The molecule has 0 unspecified atom stereocenters. The minimum Gasteiger partial charge on any atom is -0.381 e. The van der Waals surface area contributed by atoms with Gasteiger partial charge in [0.25, 0.3) is 0 Å². The number of nitrogens with one attached hydrogen (secondary N) is 1. The molecular weight excluding hydrogens is 198 g/mol. The van der Waals surface area contributed by atoms with Gasteiger partial charge in [-0.2, -0.15) is 5.10 Å². The van der Waals surface area contributed by atoms with E-state index in [1.54, 1.807) is 0 Å². The summed E-state index contributed by atoms with van der Waals surface area (Å²) >= 11 is 0. The quantitative estimate of drug-likeness (QED) is 0.853. The molecule has 0 spiro atoms. The standard InChI is InChI=1S/C13H17N3/c1-10-5-4-6-13(7-10)14-8-12-9-15-16(3)11(12)2/h4-7,9,14H,8H2,1-3H3. The maximum absolute atomic E-state index is 4.22. The topological polar surface area (TPSA) is 29.9 Å². The van der Waals surface area contributed by atoms with Crippen molar-refractivity contribution in [2.75, 3.05) is 5.32 Å². The number of benzene rings is 1. The molecule has 1 aromatic carbocycles. The third-order valence-electron chi connectivity index (χ3n) is 2.84. The molecule has 0 saturated carbocycles. The zero-order valence-electron chi connectivity index (χ0n) is 9.99. The van der Waals surface area contributed by atoms with Crippen molar-refractivity contribution in [3.8, 4) is 0 Å². The Balaban J connectivity index is 2.05. The van der Waals surface area contributed by atoms with Gasteiger partial charge in [0, 0.05) is 30.5 Å². The Morgan fingerprint density at radius 3 is 2.75 bits per heavy atom. The van der Waals surface area contributed by atoms with E-state index >= 15 is 0 Å². The molecule has 84 valence electrons. The molecule has 2 aromatic rings. The number of nitrogens with zero attached hydrogens (tertiary/aromatic N) is 2. The lowest BCUT2D eigenvalue weighted by Crippen LogP contribution is -2.01. The van der Waals surface area contributed by atoms with Crippen molar-refractivity contribution in [2.24, 2.45) is 7.05 Å². The lowest BCUT2D eigenvalue weighted by molar-refractivity contribution is 0.738. The first-order chi connectivity index (χ1) is 7.66. The molecule has 0 bridgehead atoms. The number of aryl methyl sites for hydroxylation is 2. The minimum absolute atomic E-state index is 0.823. The minimum atomic E-state index is 0.823.